The van der Waals surface area contributed by atoms with Gasteiger partial charge in [0.1, 0.15) is 11.5 Å². The molecule has 2 aromatic carbocycles. The molecule has 2 nitrogen and oxygen atoms in total. The van der Waals surface area contributed by atoms with E-state index in [0.29, 0.717) is 0 Å². The topological polar surface area (TPSA) is 18.5 Å². The fourth-order valence-corrected chi connectivity index (χ4v) is 1.82. The Morgan fingerprint density at radius 1 is 0.850 bits per heavy atom. The summed E-state index contributed by atoms with van der Waals surface area (Å²) in [6.45, 7) is 2.04. The molecule has 0 heterocycles. The summed E-state index contributed by atoms with van der Waals surface area (Å²) in [5.74, 6) is 1.72. The Hall–Kier alpha value is -2.44. The first-order valence-electron chi connectivity index (χ1n) is 6.44. The molecule has 0 atom stereocenters. The zero-order chi connectivity index (χ0) is 14.4. The highest BCUT2D eigenvalue weighted by Gasteiger charge is 1.95. The summed E-state index contributed by atoms with van der Waals surface area (Å²) in [6.07, 6.45) is 1.97. The van der Waals surface area contributed by atoms with Crippen molar-refractivity contribution in [2.75, 3.05) is 14.2 Å². The van der Waals surface area contributed by atoms with Gasteiger partial charge < -0.3 is 9.47 Å². The first kappa shape index (κ1) is 14.0. The van der Waals surface area contributed by atoms with Crippen LogP contribution in [-0.4, -0.2) is 14.2 Å². The molecule has 102 valence electrons. The normalized spacial score (nSPS) is 9.55. The minimum Gasteiger partial charge on any atom is -0.497 e. The molecule has 0 fully saturated rings. The molecule has 0 aliphatic rings. The second-order valence-electron chi connectivity index (χ2n) is 4.42. The van der Waals surface area contributed by atoms with Gasteiger partial charge in [-0.3, -0.25) is 0 Å². The standard InChI is InChI=1S/C18H18O2/c1-14(16-8-12-18(20-3)13-9-16)4-5-15-6-10-17(19-2)11-7-15/h5-13H,1-3H3. The number of allylic oxidation sites excluding steroid dienone is 1. The molecule has 0 amide bonds. The molecule has 0 aliphatic heterocycles. The molecular formula is C18H18O2. The summed E-state index contributed by atoms with van der Waals surface area (Å²) in [6, 6.07) is 15.9. The fraction of sp³-hybridized carbons (Fsp3) is 0.167. The van der Waals surface area contributed by atoms with Crippen LogP contribution in [0.4, 0.5) is 0 Å². The molecule has 0 saturated carbocycles. The highest BCUT2D eigenvalue weighted by atomic mass is 16.5. The highest BCUT2D eigenvalue weighted by Crippen LogP contribution is 2.18. The van der Waals surface area contributed by atoms with E-state index in [1.165, 1.54) is 0 Å². The van der Waals surface area contributed by atoms with Crippen molar-refractivity contribution >= 4 is 11.6 Å². The zero-order valence-corrected chi connectivity index (χ0v) is 12.0. The van der Waals surface area contributed by atoms with E-state index in [2.05, 4.69) is 5.73 Å². The third-order valence-corrected chi connectivity index (χ3v) is 3.09. The van der Waals surface area contributed by atoms with Crippen LogP contribution in [0, 0.1) is 0 Å². The van der Waals surface area contributed by atoms with Gasteiger partial charge in [-0.2, -0.15) is 0 Å². The van der Waals surface area contributed by atoms with E-state index in [1.807, 2.05) is 61.5 Å². The van der Waals surface area contributed by atoms with Crippen LogP contribution in [0.5, 0.6) is 11.5 Å². The van der Waals surface area contributed by atoms with Crippen LogP contribution in [-0.2, 0) is 0 Å². The SMILES string of the molecule is COc1ccc(C=C=C(C)c2ccc(OC)cc2)cc1. The van der Waals surface area contributed by atoms with Gasteiger partial charge in [0.05, 0.1) is 14.2 Å². The number of hydrogen-bond acceptors (Lipinski definition) is 2. The van der Waals surface area contributed by atoms with Crippen molar-refractivity contribution in [3.63, 3.8) is 0 Å². The first-order chi connectivity index (χ1) is 9.72. The molecule has 0 N–H and O–H groups in total. The van der Waals surface area contributed by atoms with Crippen molar-refractivity contribution in [3.8, 4) is 11.5 Å². The number of rotatable bonds is 4. The van der Waals surface area contributed by atoms with E-state index in [-0.39, 0.29) is 0 Å². The molecule has 0 radical (unpaired) electrons. The van der Waals surface area contributed by atoms with Crippen molar-refractivity contribution in [2.24, 2.45) is 0 Å². The molecule has 0 bridgehead atoms. The van der Waals surface area contributed by atoms with E-state index in [1.54, 1.807) is 14.2 Å². The molecule has 0 unspecified atom stereocenters. The van der Waals surface area contributed by atoms with Gasteiger partial charge in [0.25, 0.3) is 0 Å². The summed E-state index contributed by atoms with van der Waals surface area (Å²) in [7, 11) is 3.33. The average Bonchev–Trinajstić information content (AvgIpc) is 2.53. The Labute approximate surface area is 120 Å². The summed E-state index contributed by atoms with van der Waals surface area (Å²) in [5.41, 5.74) is 6.62. The van der Waals surface area contributed by atoms with E-state index in [0.717, 1.165) is 28.2 Å². The van der Waals surface area contributed by atoms with Gasteiger partial charge in [0, 0.05) is 0 Å². The largest absolute Gasteiger partial charge is 0.497 e. The monoisotopic (exact) mass is 266 g/mol. The van der Waals surface area contributed by atoms with E-state index in [9.17, 15) is 0 Å². The molecule has 0 saturated heterocycles. The smallest absolute Gasteiger partial charge is 0.118 e. The third-order valence-electron chi connectivity index (χ3n) is 3.09. The second-order valence-corrected chi connectivity index (χ2v) is 4.42. The van der Waals surface area contributed by atoms with Crippen molar-refractivity contribution < 1.29 is 9.47 Å². The maximum Gasteiger partial charge on any atom is 0.118 e. The molecule has 0 spiro atoms. The third kappa shape index (κ3) is 3.53. The van der Waals surface area contributed by atoms with Crippen LogP contribution < -0.4 is 9.47 Å². The maximum absolute atomic E-state index is 5.15. The van der Waals surface area contributed by atoms with Crippen molar-refractivity contribution in [1.82, 2.24) is 0 Å². The van der Waals surface area contributed by atoms with Crippen LogP contribution in [0.1, 0.15) is 18.1 Å². The molecule has 2 aromatic rings. The fourth-order valence-electron chi connectivity index (χ4n) is 1.82. The average molecular weight is 266 g/mol. The summed E-state index contributed by atoms with van der Waals surface area (Å²) in [5, 5.41) is 0. The Morgan fingerprint density at radius 3 is 1.85 bits per heavy atom. The number of hydrogen-bond donors (Lipinski definition) is 0. The summed E-state index contributed by atoms with van der Waals surface area (Å²) < 4.78 is 10.3. The lowest BCUT2D eigenvalue weighted by atomic mass is 10.1. The Bertz CT molecular complexity index is 615. The number of methoxy groups -OCH3 is 2. The molecular weight excluding hydrogens is 248 g/mol. The van der Waals surface area contributed by atoms with E-state index in [4.69, 9.17) is 9.47 Å². The zero-order valence-electron chi connectivity index (χ0n) is 12.0. The van der Waals surface area contributed by atoms with Crippen LogP contribution in [0.3, 0.4) is 0 Å². The quantitative estimate of drug-likeness (QED) is 0.763. The Morgan fingerprint density at radius 2 is 1.35 bits per heavy atom. The highest BCUT2D eigenvalue weighted by molar-refractivity contribution is 5.68. The minimum absolute atomic E-state index is 0.859. The number of benzene rings is 2. The van der Waals surface area contributed by atoms with Gasteiger partial charge in [0.2, 0.25) is 0 Å². The second kappa shape index (κ2) is 6.65. The van der Waals surface area contributed by atoms with Gasteiger partial charge in [-0.05, 0) is 54.0 Å². The Kier molecular flexibility index (Phi) is 4.65. The van der Waals surface area contributed by atoms with Crippen molar-refractivity contribution in [2.45, 2.75) is 6.92 Å². The minimum atomic E-state index is 0.859. The molecule has 20 heavy (non-hydrogen) atoms. The van der Waals surface area contributed by atoms with Gasteiger partial charge in [-0.15, -0.1) is 5.73 Å². The molecule has 2 rings (SSSR count). The molecule has 0 aliphatic carbocycles. The lowest BCUT2D eigenvalue weighted by Gasteiger charge is -2.01. The lowest BCUT2D eigenvalue weighted by molar-refractivity contribution is 0.414. The number of ether oxygens (including phenoxy) is 2. The van der Waals surface area contributed by atoms with Crippen LogP contribution >= 0.6 is 0 Å². The van der Waals surface area contributed by atoms with Gasteiger partial charge in [0.15, 0.2) is 0 Å². The summed E-state index contributed by atoms with van der Waals surface area (Å²) in [4.78, 5) is 0. The van der Waals surface area contributed by atoms with Crippen LogP contribution in [0.2, 0.25) is 0 Å². The molecule has 0 aromatic heterocycles. The first-order valence-corrected chi connectivity index (χ1v) is 6.44. The van der Waals surface area contributed by atoms with Crippen LogP contribution in [0.15, 0.2) is 54.3 Å². The van der Waals surface area contributed by atoms with E-state index < -0.39 is 0 Å². The van der Waals surface area contributed by atoms with Crippen LogP contribution in [0.25, 0.3) is 11.6 Å². The predicted molar refractivity (Wildman–Crippen MR) is 83.0 cm³/mol. The van der Waals surface area contributed by atoms with E-state index >= 15 is 0 Å². The molecule has 2 heteroatoms. The summed E-state index contributed by atoms with van der Waals surface area (Å²) >= 11 is 0. The van der Waals surface area contributed by atoms with Crippen molar-refractivity contribution in [3.05, 3.63) is 65.4 Å². The lowest BCUT2D eigenvalue weighted by Crippen LogP contribution is -1.83. The van der Waals surface area contributed by atoms with Gasteiger partial charge >= 0.3 is 0 Å². The predicted octanol–water partition coefficient (Wildman–Crippen LogP) is 4.42. The van der Waals surface area contributed by atoms with Gasteiger partial charge in [-0.25, -0.2) is 0 Å². The Balaban J connectivity index is 2.20. The maximum atomic E-state index is 5.15. The van der Waals surface area contributed by atoms with Crippen molar-refractivity contribution in [1.29, 1.82) is 0 Å². The van der Waals surface area contributed by atoms with Gasteiger partial charge in [-0.1, -0.05) is 24.3 Å².